The fraction of sp³-hybridized carbons (Fsp3) is 0.353. The van der Waals surface area contributed by atoms with E-state index in [1.54, 1.807) is 0 Å². The zero-order valence-electron chi connectivity index (χ0n) is 13.8. The quantitative estimate of drug-likeness (QED) is 0.614. The molecule has 0 spiro atoms. The van der Waals surface area contributed by atoms with Crippen molar-refractivity contribution in [1.82, 2.24) is 9.88 Å². The Bertz CT molecular complexity index is 772. The molecule has 2 aromatic rings. The Morgan fingerprint density at radius 2 is 1.73 bits per heavy atom. The van der Waals surface area contributed by atoms with E-state index in [-0.39, 0.29) is 5.69 Å². The normalized spacial score (nSPS) is 15.9. The number of anilines is 1. The van der Waals surface area contributed by atoms with E-state index in [0.717, 1.165) is 17.7 Å². The fourth-order valence-electron chi connectivity index (χ4n) is 2.95. The second kappa shape index (κ2) is 7.28. The third-order valence-corrected chi connectivity index (χ3v) is 4.32. The van der Waals surface area contributed by atoms with Gasteiger partial charge in [-0.05, 0) is 23.8 Å². The van der Waals surface area contributed by atoms with Crippen LogP contribution in [0.5, 0.6) is 0 Å². The molecule has 0 aliphatic carbocycles. The molecule has 0 amide bonds. The maximum Gasteiger partial charge on any atom is 0.416 e. The summed E-state index contributed by atoms with van der Waals surface area (Å²) >= 11 is 0. The average molecular weight is 366 g/mol. The van der Waals surface area contributed by atoms with Crippen molar-refractivity contribution in [3.63, 3.8) is 0 Å². The summed E-state index contributed by atoms with van der Waals surface area (Å²) in [6.07, 6.45) is -2.81. The van der Waals surface area contributed by atoms with E-state index in [2.05, 4.69) is 9.88 Å². The molecule has 0 bridgehead atoms. The molecule has 26 heavy (non-hydrogen) atoms. The zero-order chi connectivity index (χ0) is 18.7. The molecule has 9 heteroatoms. The summed E-state index contributed by atoms with van der Waals surface area (Å²) in [5, 5.41) is 11.1. The average Bonchev–Trinajstić information content (AvgIpc) is 2.62. The molecule has 0 radical (unpaired) electrons. The number of hydrogen-bond donors (Lipinski definition) is 0. The molecule has 1 aliphatic heterocycles. The number of pyridine rings is 1. The standard InChI is InChI=1S/C17H17F3N4O2/c18-17(19,20)14-5-3-13(4-6-14)12-22-8-10-23(11-9-22)16-15(24(25)26)2-1-7-21-16/h1-7H,8-12H2. The largest absolute Gasteiger partial charge is 0.416 e. The lowest BCUT2D eigenvalue weighted by Gasteiger charge is -2.35. The molecule has 1 fully saturated rings. The van der Waals surface area contributed by atoms with E-state index in [1.807, 2.05) is 4.90 Å². The summed E-state index contributed by atoms with van der Waals surface area (Å²) in [7, 11) is 0. The number of benzene rings is 1. The number of alkyl halides is 3. The lowest BCUT2D eigenvalue weighted by Crippen LogP contribution is -2.46. The Labute approximate surface area is 148 Å². The van der Waals surface area contributed by atoms with Crippen molar-refractivity contribution in [2.75, 3.05) is 31.1 Å². The van der Waals surface area contributed by atoms with Gasteiger partial charge in [0.1, 0.15) is 0 Å². The first-order chi connectivity index (χ1) is 12.3. The Balaban J connectivity index is 1.60. The van der Waals surface area contributed by atoms with Gasteiger partial charge < -0.3 is 4.90 Å². The SMILES string of the molecule is O=[N+]([O-])c1cccnc1N1CCN(Cc2ccc(C(F)(F)F)cc2)CC1. The molecule has 1 aliphatic rings. The van der Waals surface area contributed by atoms with E-state index in [1.165, 1.54) is 30.5 Å². The molecule has 0 atom stereocenters. The molecule has 138 valence electrons. The minimum atomic E-state index is -4.33. The van der Waals surface area contributed by atoms with Crippen molar-refractivity contribution < 1.29 is 18.1 Å². The first-order valence-electron chi connectivity index (χ1n) is 8.07. The monoisotopic (exact) mass is 366 g/mol. The lowest BCUT2D eigenvalue weighted by molar-refractivity contribution is -0.384. The molecular formula is C17H17F3N4O2. The second-order valence-corrected chi connectivity index (χ2v) is 6.06. The third kappa shape index (κ3) is 4.10. The molecule has 2 heterocycles. The molecule has 0 N–H and O–H groups in total. The van der Waals surface area contributed by atoms with Gasteiger partial charge in [0, 0.05) is 45.0 Å². The number of hydrogen-bond acceptors (Lipinski definition) is 5. The predicted molar refractivity (Wildman–Crippen MR) is 89.8 cm³/mol. The van der Waals surface area contributed by atoms with Crippen molar-refractivity contribution in [2.24, 2.45) is 0 Å². The van der Waals surface area contributed by atoms with Crippen LogP contribution in [0.2, 0.25) is 0 Å². The Morgan fingerprint density at radius 3 is 2.31 bits per heavy atom. The van der Waals surface area contributed by atoms with Crippen LogP contribution in [0.25, 0.3) is 0 Å². The van der Waals surface area contributed by atoms with E-state index in [4.69, 9.17) is 0 Å². The van der Waals surface area contributed by atoms with Crippen molar-refractivity contribution >= 4 is 11.5 Å². The lowest BCUT2D eigenvalue weighted by atomic mass is 10.1. The maximum atomic E-state index is 12.6. The van der Waals surface area contributed by atoms with Crippen LogP contribution in [0.15, 0.2) is 42.6 Å². The number of nitro groups is 1. The van der Waals surface area contributed by atoms with Gasteiger partial charge in [-0.2, -0.15) is 13.2 Å². The molecule has 3 rings (SSSR count). The van der Waals surface area contributed by atoms with Crippen molar-refractivity contribution in [3.8, 4) is 0 Å². The Kier molecular flexibility index (Phi) is 5.08. The number of halogens is 3. The number of nitrogens with zero attached hydrogens (tertiary/aromatic N) is 4. The van der Waals surface area contributed by atoms with Crippen LogP contribution < -0.4 is 4.90 Å². The molecular weight excluding hydrogens is 349 g/mol. The molecule has 0 unspecified atom stereocenters. The van der Waals surface area contributed by atoms with Crippen molar-refractivity contribution in [1.29, 1.82) is 0 Å². The zero-order valence-corrected chi connectivity index (χ0v) is 13.8. The molecule has 1 aromatic heterocycles. The fourth-order valence-corrected chi connectivity index (χ4v) is 2.95. The van der Waals surface area contributed by atoms with Crippen LogP contribution >= 0.6 is 0 Å². The molecule has 1 saturated heterocycles. The Hall–Kier alpha value is -2.68. The van der Waals surface area contributed by atoms with E-state index in [9.17, 15) is 23.3 Å². The topological polar surface area (TPSA) is 62.5 Å². The van der Waals surface area contributed by atoms with E-state index < -0.39 is 16.7 Å². The minimum absolute atomic E-state index is 0.0244. The summed E-state index contributed by atoms with van der Waals surface area (Å²) in [5.74, 6) is 0.353. The molecule has 0 saturated carbocycles. The first-order valence-corrected chi connectivity index (χ1v) is 8.07. The molecule has 1 aromatic carbocycles. The second-order valence-electron chi connectivity index (χ2n) is 6.06. The summed E-state index contributed by atoms with van der Waals surface area (Å²) in [6.45, 7) is 2.97. The van der Waals surface area contributed by atoms with Gasteiger partial charge in [-0.1, -0.05) is 12.1 Å². The highest BCUT2D eigenvalue weighted by Gasteiger charge is 2.30. The van der Waals surface area contributed by atoms with Gasteiger partial charge in [0.15, 0.2) is 0 Å². The van der Waals surface area contributed by atoms with Gasteiger partial charge in [-0.3, -0.25) is 15.0 Å². The highest BCUT2D eigenvalue weighted by Crippen LogP contribution is 2.29. The highest BCUT2D eigenvalue weighted by atomic mass is 19.4. The Morgan fingerprint density at radius 1 is 1.08 bits per heavy atom. The van der Waals surface area contributed by atoms with Crippen LogP contribution in [0, 0.1) is 10.1 Å². The van der Waals surface area contributed by atoms with Gasteiger partial charge in [-0.25, -0.2) is 4.98 Å². The summed E-state index contributed by atoms with van der Waals surface area (Å²) in [5.41, 5.74) is 0.118. The van der Waals surface area contributed by atoms with E-state index >= 15 is 0 Å². The third-order valence-electron chi connectivity index (χ3n) is 4.32. The maximum absolute atomic E-state index is 12.6. The van der Waals surface area contributed by atoms with Gasteiger partial charge in [0.2, 0.25) is 5.82 Å². The van der Waals surface area contributed by atoms with Gasteiger partial charge in [-0.15, -0.1) is 0 Å². The summed E-state index contributed by atoms with van der Waals surface area (Å²) in [6, 6.07) is 8.10. The predicted octanol–water partition coefficient (Wildman–Crippen LogP) is 3.33. The van der Waals surface area contributed by atoms with Crippen molar-refractivity contribution in [2.45, 2.75) is 12.7 Å². The number of aromatic nitrogens is 1. The van der Waals surface area contributed by atoms with Crippen molar-refractivity contribution in [3.05, 3.63) is 63.8 Å². The van der Waals surface area contributed by atoms with Gasteiger partial charge >= 0.3 is 11.9 Å². The van der Waals surface area contributed by atoms with E-state index in [0.29, 0.717) is 38.5 Å². The van der Waals surface area contributed by atoms with Crippen LogP contribution in [0.3, 0.4) is 0 Å². The number of piperazine rings is 1. The van der Waals surface area contributed by atoms with Gasteiger partial charge in [0.05, 0.1) is 10.5 Å². The summed E-state index contributed by atoms with van der Waals surface area (Å²) < 4.78 is 37.8. The van der Waals surface area contributed by atoms with Gasteiger partial charge in [0.25, 0.3) is 0 Å². The molecule has 6 nitrogen and oxygen atoms in total. The van der Waals surface area contributed by atoms with Crippen LogP contribution in [-0.2, 0) is 12.7 Å². The first kappa shape index (κ1) is 18.1. The highest BCUT2D eigenvalue weighted by molar-refractivity contribution is 5.57. The smallest absolute Gasteiger partial charge is 0.348 e. The van der Waals surface area contributed by atoms with Crippen LogP contribution in [0.4, 0.5) is 24.7 Å². The van der Waals surface area contributed by atoms with Crippen LogP contribution in [-0.4, -0.2) is 41.0 Å². The number of rotatable bonds is 4. The van der Waals surface area contributed by atoms with Crippen LogP contribution in [0.1, 0.15) is 11.1 Å². The summed E-state index contributed by atoms with van der Waals surface area (Å²) in [4.78, 5) is 18.8. The minimum Gasteiger partial charge on any atom is -0.348 e.